The maximum absolute atomic E-state index is 15.8. The van der Waals surface area contributed by atoms with E-state index in [-0.39, 0.29) is 26.4 Å². The summed E-state index contributed by atoms with van der Waals surface area (Å²) in [5.74, 6) is -56.8. The van der Waals surface area contributed by atoms with Crippen molar-refractivity contribution in [1.29, 1.82) is 0 Å². The van der Waals surface area contributed by atoms with Crippen molar-refractivity contribution in [2.75, 3.05) is 14.2 Å². The zero-order valence-corrected chi connectivity index (χ0v) is 33.0. The first-order valence-electron chi connectivity index (χ1n) is 17.4. The summed E-state index contributed by atoms with van der Waals surface area (Å²) >= 11 is -4.96. The summed E-state index contributed by atoms with van der Waals surface area (Å²) in [6.07, 6.45) is -10.4. The molecule has 0 N–H and O–H groups in total. The number of alkyl halides is 17. The van der Waals surface area contributed by atoms with Gasteiger partial charge in [-0.15, -0.1) is 0 Å². The van der Waals surface area contributed by atoms with Crippen LogP contribution in [0.3, 0.4) is 0 Å². The quantitative estimate of drug-likeness (QED) is 0.0725. The zero-order valence-electron chi connectivity index (χ0n) is 30.9. The van der Waals surface area contributed by atoms with Crippen LogP contribution < -0.4 is 13.9 Å². The fourth-order valence-electron chi connectivity index (χ4n) is 6.98. The van der Waals surface area contributed by atoms with Crippen molar-refractivity contribution in [1.82, 2.24) is 0 Å². The molecule has 0 fully saturated rings. The van der Waals surface area contributed by atoms with Crippen molar-refractivity contribution in [3.8, 4) is 11.5 Å². The number of methoxy groups -OCH3 is 2. The molecule has 5 rings (SSSR count). The van der Waals surface area contributed by atoms with Gasteiger partial charge in [0, 0.05) is 0 Å². The molecule has 326 valence electrons. The Labute approximate surface area is 332 Å². The van der Waals surface area contributed by atoms with Crippen LogP contribution in [0.25, 0.3) is 21.5 Å². The molecule has 0 saturated heterocycles. The molecule has 0 amide bonds. The number of hydrogen-bond acceptors (Lipinski definition) is 2. The van der Waals surface area contributed by atoms with Gasteiger partial charge in [-0.3, -0.25) is 0 Å². The molecule has 0 aliphatic carbocycles. The molecule has 0 saturated carbocycles. The summed E-state index contributed by atoms with van der Waals surface area (Å²) in [7, 11) is 2.42. The molecule has 20 heteroatoms. The second kappa shape index (κ2) is 15.8. The number of halogens is 17. The second-order valence-electron chi connectivity index (χ2n) is 14.2. The zero-order chi connectivity index (χ0) is 45.0. The molecule has 5 aromatic rings. The Morgan fingerprint density at radius 1 is 0.417 bits per heavy atom. The minimum atomic E-state index is -8.70. The third kappa shape index (κ3) is 7.71. The van der Waals surface area contributed by atoms with Crippen LogP contribution in [0.5, 0.6) is 11.5 Å². The van der Waals surface area contributed by atoms with Gasteiger partial charge in [0.1, 0.15) is 0 Å². The molecule has 0 spiro atoms. The number of rotatable bonds is 16. The number of benzene rings is 5. The van der Waals surface area contributed by atoms with Gasteiger partial charge in [-0.2, -0.15) is 0 Å². The average molecular weight is 939 g/mol. The molecular weight excluding hydrogens is 908 g/mol. The van der Waals surface area contributed by atoms with Gasteiger partial charge in [0.15, 0.2) is 0 Å². The molecular formula is C40H31F17GeO2. The summed E-state index contributed by atoms with van der Waals surface area (Å²) in [4.78, 5) is 0. The van der Waals surface area contributed by atoms with Crippen molar-refractivity contribution < 1.29 is 84.1 Å². The first-order chi connectivity index (χ1) is 27.5. The third-order valence-electron chi connectivity index (χ3n) is 10.4. The van der Waals surface area contributed by atoms with Crippen molar-refractivity contribution in [2.45, 2.75) is 69.8 Å². The van der Waals surface area contributed by atoms with Gasteiger partial charge in [0.25, 0.3) is 0 Å². The van der Waals surface area contributed by atoms with E-state index in [0.717, 1.165) is 0 Å². The molecule has 0 radical (unpaired) electrons. The van der Waals surface area contributed by atoms with Crippen LogP contribution in [-0.2, 0) is 10.5 Å². The number of hydrogen-bond donors (Lipinski definition) is 0. The third-order valence-corrected chi connectivity index (χ3v) is 20.7. The summed E-state index contributed by atoms with van der Waals surface area (Å²) < 4.78 is 253. The van der Waals surface area contributed by atoms with Gasteiger partial charge in [-0.05, 0) is 0 Å². The van der Waals surface area contributed by atoms with Crippen LogP contribution in [0.2, 0.25) is 5.25 Å². The van der Waals surface area contributed by atoms with E-state index < -0.39 is 72.6 Å². The average Bonchev–Trinajstić information content (AvgIpc) is 3.18. The van der Waals surface area contributed by atoms with E-state index in [1.54, 1.807) is 84.9 Å². The van der Waals surface area contributed by atoms with Gasteiger partial charge in [0.05, 0.1) is 0 Å². The summed E-state index contributed by atoms with van der Waals surface area (Å²) in [6.45, 7) is 0. The fourth-order valence-corrected chi connectivity index (χ4v) is 17.1. The van der Waals surface area contributed by atoms with Crippen LogP contribution in [0.15, 0.2) is 103 Å². The molecule has 0 aromatic heterocycles. The van der Waals surface area contributed by atoms with Crippen molar-refractivity contribution in [3.05, 3.63) is 114 Å². The van der Waals surface area contributed by atoms with Crippen molar-refractivity contribution in [3.63, 3.8) is 0 Å². The fraction of sp³-hybridized carbons (Fsp3) is 0.350. The molecule has 0 atom stereocenters. The SMILES string of the molecule is COc1cc[c]([Ge]([CH2]CC(F)(F)C(F)(F)C(F)(F)C(F)(F)C(F)(F)C(F)(F)C(F)(F)C(F)(F)F)([CH2]c2ccc3ccccc3c2)[CH2]c2ccc3ccccc3c2)cc1OC. The number of ether oxygens (including phenoxy) is 2. The molecule has 0 aliphatic heterocycles. The minimum absolute atomic E-state index is 0.0240. The number of fused-ring (bicyclic) bond motifs is 2. The van der Waals surface area contributed by atoms with E-state index in [1.165, 1.54) is 32.4 Å². The Morgan fingerprint density at radius 2 is 0.817 bits per heavy atom. The maximum atomic E-state index is 15.8. The molecule has 2 nitrogen and oxygen atoms in total. The van der Waals surface area contributed by atoms with Gasteiger partial charge in [0.2, 0.25) is 0 Å². The van der Waals surface area contributed by atoms with Gasteiger partial charge in [-0.25, -0.2) is 0 Å². The molecule has 0 heterocycles. The Kier molecular flexibility index (Phi) is 12.3. The van der Waals surface area contributed by atoms with Crippen LogP contribution in [0.1, 0.15) is 17.5 Å². The van der Waals surface area contributed by atoms with E-state index in [1.807, 2.05) is 0 Å². The summed E-state index contributed by atoms with van der Waals surface area (Å²) in [5, 5.41) is 0.914. The normalized spacial score (nSPS) is 14.2. The molecule has 5 aromatic carbocycles. The summed E-state index contributed by atoms with van der Waals surface area (Å²) in [6, 6.07) is 27.1. The predicted octanol–water partition coefficient (Wildman–Crippen LogP) is 12.6. The van der Waals surface area contributed by atoms with Crippen LogP contribution in [0.4, 0.5) is 74.6 Å². The molecule has 0 aliphatic rings. The van der Waals surface area contributed by atoms with E-state index >= 15 is 17.6 Å². The van der Waals surface area contributed by atoms with E-state index in [9.17, 15) is 57.1 Å². The second-order valence-corrected chi connectivity index (χ2v) is 23.3. The summed E-state index contributed by atoms with van der Waals surface area (Å²) in [5.41, 5.74) is 0.785. The standard InChI is InChI=1S/C40H31F17GeO2/c1-59-31-16-15-30(21-32(31)60-2)58(22-24-11-13-26-7-3-5-9-28(26)19-24,23-25-12-14-27-8-4-6-10-29(27)20-25)18-17-33(41,42)34(43,44)35(45,46)36(47,48)37(49,50)38(51,52)39(53,54)40(55,56)57/h3-16,19-21H,17-18,22-23H2,1-2H3. The van der Waals surface area contributed by atoms with Crippen LogP contribution in [-0.4, -0.2) is 75.1 Å². The topological polar surface area (TPSA) is 18.5 Å². The monoisotopic (exact) mass is 940 g/mol. The van der Waals surface area contributed by atoms with Crippen LogP contribution >= 0.6 is 0 Å². The molecule has 60 heavy (non-hydrogen) atoms. The van der Waals surface area contributed by atoms with Crippen molar-refractivity contribution >= 4 is 39.2 Å². The first kappa shape index (κ1) is 46.6. The molecule has 0 unspecified atom stereocenters. The van der Waals surface area contributed by atoms with Gasteiger partial charge < -0.3 is 0 Å². The Morgan fingerprint density at radius 3 is 1.23 bits per heavy atom. The van der Waals surface area contributed by atoms with E-state index in [4.69, 9.17) is 9.47 Å². The van der Waals surface area contributed by atoms with E-state index in [2.05, 4.69) is 0 Å². The van der Waals surface area contributed by atoms with Gasteiger partial charge in [-0.1, -0.05) is 0 Å². The predicted molar refractivity (Wildman–Crippen MR) is 190 cm³/mol. The van der Waals surface area contributed by atoms with Crippen molar-refractivity contribution in [2.24, 2.45) is 0 Å². The molecule has 0 bridgehead atoms. The Hall–Kier alpha value is -4.43. The Balaban J connectivity index is 1.67. The van der Waals surface area contributed by atoms with Gasteiger partial charge >= 0.3 is 333 Å². The van der Waals surface area contributed by atoms with E-state index in [0.29, 0.717) is 32.7 Å². The van der Waals surface area contributed by atoms with Crippen LogP contribution in [0, 0.1) is 0 Å². The first-order valence-corrected chi connectivity index (χ1v) is 22.9. The Bertz CT molecular complexity index is 2240.